The zero-order valence-electron chi connectivity index (χ0n) is 10.3. The van der Waals surface area contributed by atoms with E-state index >= 15 is 0 Å². The summed E-state index contributed by atoms with van der Waals surface area (Å²) in [6.45, 7) is 3.36. The lowest BCUT2D eigenvalue weighted by atomic mass is 10.0. The third-order valence-corrected chi connectivity index (χ3v) is 3.25. The molecule has 0 saturated heterocycles. The van der Waals surface area contributed by atoms with Crippen LogP contribution in [0.1, 0.15) is 31.7 Å². The van der Waals surface area contributed by atoms with E-state index in [1.807, 2.05) is 6.07 Å². The van der Waals surface area contributed by atoms with E-state index in [0.29, 0.717) is 0 Å². The Balaban J connectivity index is 1.97. The minimum atomic E-state index is 0.265. The molecule has 0 bridgehead atoms. The van der Waals surface area contributed by atoms with E-state index < -0.39 is 0 Å². The first-order valence-electron chi connectivity index (χ1n) is 6.26. The van der Waals surface area contributed by atoms with Gasteiger partial charge in [-0.25, -0.2) is 0 Å². The number of aryl methyl sites for hydroxylation is 1. The molecule has 88 valence electrons. The maximum atomic E-state index is 6.02. The highest BCUT2D eigenvalue weighted by Gasteiger charge is 2.22. The number of para-hydroxylation sites is 1. The average Bonchev–Trinajstić information content (AvgIpc) is 2.35. The van der Waals surface area contributed by atoms with Crippen molar-refractivity contribution in [3.63, 3.8) is 0 Å². The van der Waals surface area contributed by atoms with Gasteiger partial charge in [-0.1, -0.05) is 31.5 Å². The van der Waals surface area contributed by atoms with Crippen molar-refractivity contribution in [3.8, 4) is 5.75 Å². The number of nitrogens with zero attached hydrogens (tertiary/aromatic N) is 1. The molecule has 1 unspecified atom stereocenters. The zero-order chi connectivity index (χ0) is 11.4. The SMILES string of the molecule is CCCCN(C)C1CCc2ccccc2O1. The number of hydrogen-bond donors (Lipinski definition) is 0. The van der Waals surface area contributed by atoms with E-state index in [9.17, 15) is 0 Å². The van der Waals surface area contributed by atoms with Crippen LogP contribution in [0.3, 0.4) is 0 Å². The van der Waals surface area contributed by atoms with E-state index in [-0.39, 0.29) is 6.23 Å². The average molecular weight is 219 g/mol. The minimum Gasteiger partial charge on any atom is -0.475 e. The number of benzene rings is 1. The minimum absolute atomic E-state index is 0.265. The van der Waals surface area contributed by atoms with E-state index in [0.717, 1.165) is 25.1 Å². The van der Waals surface area contributed by atoms with Crippen molar-refractivity contribution in [3.05, 3.63) is 29.8 Å². The molecule has 0 amide bonds. The van der Waals surface area contributed by atoms with Crippen molar-refractivity contribution >= 4 is 0 Å². The van der Waals surface area contributed by atoms with Gasteiger partial charge in [0.15, 0.2) is 6.23 Å². The van der Waals surface area contributed by atoms with Gasteiger partial charge < -0.3 is 4.74 Å². The molecule has 2 rings (SSSR count). The number of fused-ring (bicyclic) bond motifs is 1. The van der Waals surface area contributed by atoms with Crippen LogP contribution in [0.2, 0.25) is 0 Å². The zero-order valence-corrected chi connectivity index (χ0v) is 10.3. The molecule has 1 aromatic carbocycles. The van der Waals surface area contributed by atoms with Gasteiger partial charge in [0.2, 0.25) is 0 Å². The second-order valence-corrected chi connectivity index (χ2v) is 4.55. The molecule has 0 radical (unpaired) electrons. The Kier molecular flexibility index (Phi) is 3.83. The molecule has 0 aliphatic carbocycles. The molecular weight excluding hydrogens is 198 g/mol. The molecule has 0 fully saturated rings. The number of ether oxygens (including phenoxy) is 1. The molecule has 0 spiro atoms. The molecule has 16 heavy (non-hydrogen) atoms. The number of hydrogen-bond acceptors (Lipinski definition) is 2. The molecule has 1 heterocycles. The first-order chi connectivity index (χ1) is 7.81. The monoisotopic (exact) mass is 219 g/mol. The summed E-state index contributed by atoms with van der Waals surface area (Å²) in [6.07, 6.45) is 5.00. The third-order valence-electron chi connectivity index (χ3n) is 3.25. The Labute approximate surface area is 98.2 Å². The van der Waals surface area contributed by atoms with Gasteiger partial charge in [0.25, 0.3) is 0 Å². The summed E-state index contributed by atoms with van der Waals surface area (Å²) in [5.74, 6) is 1.07. The van der Waals surface area contributed by atoms with Crippen LogP contribution in [-0.4, -0.2) is 24.7 Å². The lowest BCUT2D eigenvalue weighted by Crippen LogP contribution is -2.39. The van der Waals surface area contributed by atoms with E-state index in [2.05, 4.69) is 37.1 Å². The van der Waals surface area contributed by atoms with Gasteiger partial charge >= 0.3 is 0 Å². The smallest absolute Gasteiger partial charge is 0.152 e. The summed E-state index contributed by atoms with van der Waals surface area (Å²) in [5.41, 5.74) is 1.35. The van der Waals surface area contributed by atoms with Gasteiger partial charge in [-0.3, -0.25) is 4.90 Å². The summed E-state index contributed by atoms with van der Waals surface area (Å²) in [5, 5.41) is 0. The third kappa shape index (κ3) is 2.56. The molecule has 0 saturated carbocycles. The second-order valence-electron chi connectivity index (χ2n) is 4.55. The Morgan fingerprint density at radius 3 is 3.00 bits per heavy atom. The lowest BCUT2D eigenvalue weighted by molar-refractivity contribution is 0.0272. The van der Waals surface area contributed by atoms with Crippen molar-refractivity contribution < 1.29 is 4.74 Å². The predicted molar refractivity (Wildman–Crippen MR) is 66.7 cm³/mol. The summed E-state index contributed by atoms with van der Waals surface area (Å²) in [7, 11) is 2.16. The van der Waals surface area contributed by atoms with Gasteiger partial charge in [-0.2, -0.15) is 0 Å². The quantitative estimate of drug-likeness (QED) is 0.771. The van der Waals surface area contributed by atoms with Gasteiger partial charge in [0.05, 0.1) is 0 Å². The number of rotatable bonds is 4. The van der Waals surface area contributed by atoms with E-state index in [1.54, 1.807) is 0 Å². The van der Waals surface area contributed by atoms with Crippen molar-refractivity contribution in [2.24, 2.45) is 0 Å². The highest BCUT2D eigenvalue weighted by atomic mass is 16.5. The Bertz CT molecular complexity index is 337. The standard InChI is InChI=1S/C14H21NO/c1-3-4-11-15(2)14-10-9-12-7-5-6-8-13(12)16-14/h5-8,14H,3-4,9-11H2,1-2H3. The van der Waals surface area contributed by atoms with Crippen LogP contribution < -0.4 is 4.74 Å². The maximum Gasteiger partial charge on any atom is 0.152 e. The van der Waals surface area contributed by atoms with Crippen LogP contribution in [0, 0.1) is 0 Å². The maximum absolute atomic E-state index is 6.02. The predicted octanol–water partition coefficient (Wildman–Crippen LogP) is 3.07. The molecule has 2 nitrogen and oxygen atoms in total. The van der Waals surface area contributed by atoms with Crippen molar-refractivity contribution in [2.75, 3.05) is 13.6 Å². The molecule has 1 aromatic rings. The van der Waals surface area contributed by atoms with E-state index in [4.69, 9.17) is 4.74 Å². The molecule has 2 heteroatoms. The van der Waals surface area contributed by atoms with Gasteiger partial charge in [0, 0.05) is 13.0 Å². The van der Waals surface area contributed by atoms with Crippen LogP contribution in [0.5, 0.6) is 5.75 Å². The van der Waals surface area contributed by atoms with Crippen molar-refractivity contribution in [1.29, 1.82) is 0 Å². The topological polar surface area (TPSA) is 12.5 Å². The summed E-state index contributed by atoms with van der Waals surface area (Å²) in [4.78, 5) is 2.33. The van der Waals surface area contributed by atoms with Crippen molar-refractivity contribution in [2.45, 2.75) is 38.8 Å². The highest BCUT2D eigenvalue weighted by Crippen LogP contribution is 2.27. The summed E-state index contributed by atoms with van der Waals surface area (Å²) < 4.78 is 6.02. The Hall–Kier alpha value is -1.02. The van der Waals surface area contributed by atoms with Crippen LogP contribution in [0.4, 0.5) is 0 Å². The van der Waals surface area contributed by atoms with E-state index in [1.165, 1.54) is 18.4 Å². The van der Waals surface area contributed by atoms with Crippen LogP contribution >= 0.6 is 0 Å². The molecule has 1 aliphatic rings. The fourth-order valence-electron chi connectivity index (χ4n) is 2.17. The fraction of sp³-hybridized carbons (Fsp3) is 0.571. The van der Waals surface area contributed by atoms with Crippen LogP contribution in [0.15, 0.2) is 24.3 Å². The molecule has 1 atom stereocenters. The molecule has 0 N–H and O–H groups in total. The lowest BCUT2D eigenvalue weighted by Gasteiger charge is -2.32. The second kappa shape index (κ2) is 5.35. The number of unbranched alkanes of at least 4 members (excludes halogenated alkanes) is 1. The Morgan fingerprint density at radius 2 is 2.19 bits per heavy atom. The van der Waals surface area contributed by atoms with Crippen LogP contribution in [-0.2, 0) is 6.42 Å². The summed E-state index contributed by atoms with van der Waals surface area (Å²) >= 11 is 0. The first kappa shape index (κ1) is 11.5. The van der Waals surface area contributed by atoms with Gasteiger partial charge in [0.1, 0.15) is 5.75 Å². The molecule has 0 aromatic heterocycles. The molecular formula is C14H21NO. The largest absolute Gasteiger partial charge is 0.475 e. The first-order valence-corrected chi connectivity index (χ1v) is 6.26. The normalized spacial score (nSPS) is 19.3. The van der Waals surface area contributed by atoms with Gasteiger partial charge in [-0.15, -0.1) is 0 Å². The molecule has 1 aliphatic heterocycles. The summed E-state index contributed by atoms with van der Waals surface area (Å²) in [6, 6.07) is 8.38. The fourth-order valence-corrected chi connectivity index (χ4v) is 2.17. The van der Waals surface area contributed by atoms with Crippen molar-refractivity contribution in [1.82, 2.24) is 4.90 Å². The Morgan fingerprint density at radius 1 is 1.38 bits per heavy atom. The highest BCUT2D eigenvalue weighted by molar-refractivity contribution is 5.34. The van der Waals surface area contributed by atoms with Gasteiger partial charge in [-0.05, 0) is 31.5 Å². The van der Waals surface area contributed by atoms with Crippen LogP contribution in [0.25, 0.3) is 0 Å².